The summed E-state index contributed by atoms with van der Waals surface area (Å²) in [6, 6.07) is 13.1. The molecular formula is C22H25N3O4S. The Morgan fingerprint density at radius 3 is 2.33 bits per heavy atom. The molecule has 0 unspecified atom stereocenters. The maximum Gasteiger partial charge on any atom is 0.233 e. The molecule has 0 atom stereocenters. The van der Waals surface area contributed by atoms with E-state index in [1.165, 1.54) is 11.3 Å². The number of hydrogen-bond donors (Lipinski definition) is 0. The first-order valence-corrected chi connectivity index (χ1v) is 10.4. The van der Waals surface area contributed by atoms with Crippen LogP contribution in [-0.2, 0) is 11.2 Å². The number of methoxy groups -OCH3 is 3. The minimum Gasteiger partial charge on any atom is -0.497 e. The molecule has 3 aromatic rings. The van der Waals surface area contributed by atoms with Crippen LogP contribution in [0.4, 0.5) is 5.13 Å². The Morgan fingerprint density at radius 1 is 1.00 bits per heavy atom. The third-order valence-corrected chi connectivity index (χ3v) is 5.52. The van der Waals surface area contributed by atoms with Gasteiger partial charge in [0.1, 0.15) is 22.3 Å². The number of aromatic nitrogens is 2. The van der Waals surface area contributed by atoms with Crippen LogP contribution < -0.4 is 19.1 Å². The van der Waals surface area contributed by atoms with Crippen LogP contribution >= 0.6 is 11.3 Å². The van der Waals surface area contributed by atoms with E-state index in [1.807, 2.05) is 43.3 Å². The third kappa shape index (κ3) is 4.88. The lowest BCUT2D eigenvalue weighted by Gasteiger charge is -2.19. The fraction of sp³-hybridized carbons (Fsp3) is 0.318. The van der Waals surface area contributed by atoms with E-state index in [1.54, 1.807) is 32.3 Å². The zero-order valence-electron chi connectivity index (χ0n) is 17.5. The molecular weight excluding hydrogens is 402 g/mol. The zero-order valence-corrected chi connectivity index (χ0v) is 18.4. The van der Waals surface area contributed by atoms with Crippen LogP contribution in [0.15, 0.2) is 42.5 Å². The number of nitrogens with zero attached hydrogens (tertiary/aromatic N) is 3. The first-order chi connectivity index (χ1) is 14.6. The molecule has 1 aromatic heterocycles. The highest BCUT2D eigenvalue weighted by atomic mass is 32.1. The van der Waals surface area contributed by atoms with Gasteiger partial charge in [0.05, 0.1) is 27.8 Å². The highest BCUT2D eigenvalue weighted by Crippen LogP contribution is 2.34. The van der Waals surface area contributed by atoms with Crippen molar-refractivity contribution >= 4 is 22.4 Å². The van der Waals surface area contributed by atoms with Crippen molar-refractivity contribution in [2.75, 3.05) is 32.8 Å². The van der Waals surface area contributed by atoms with Crippen molar-refractivity contribution in [1.82, 2.24) is 10.2 Å². The van der Waals surface area contributed by atoms with Crippen molar-refractivity contribution in [3.63, 3.8) is 0 Å². The molecule has 0 N–H and O–H groups in total. The molecule has 0 saturated carbocycles. The van der Waals surface area contributed by atoms with Crippen LogP contribution in [0.3, 0.4) is 0 Å². The predicted molar refractivity (Wildman–Crippen MR) is 118 cm³/mol. The monoisotopic (exact) mass is 427 g/mol. The molecule has 1 amide bonds. The fourth-order valence-corrected chi connectivity index (χ4v) is 3.91. The highest BCUT2D eigenvalue weighted by molar-refractivity contribution is 7.18. The summed E-state index contributed by atoms with van der Waals surface area (Å²) in [6.45, 7) is 2.59. The summed E-state index contributed by atoms with van der Waals surface area (Å²) in [5.41, 5.74) is 1.66. The minimum atomic E-state index is -0.0488. The number of para-hydroxylation sites is 1. The van der Waals surface area contributed by atoms with E-state index in [0.29, 0.717) is 33.9 Å². The quantitative estimate of drug-likeness (QED) is 0.509. The predicted octanol–water partition coefficient (Wildman–Crippen LogP) is 4.22. The molecule has 7 nitrogen and oxygen atoms in total. The summed E-state index contributed by atoms with van der Waals surface area (Å²) < 4.78 is 16.1. The maximum atomic E-state index is 13.1. The van der Waals surface area contributed by atoms with Crippen LogP contribution in [0.5, 0.6) is 17.2 Å². The smallest absolute Gasteiger partial charge is 0.233 e. The molecule has 0 bridgehead atoms. The lowest BCUT2D eigenvalue weighted by molar-refractivity contribution is -0.118. The summed E-state index contributed by atoms with van der Waals surface area (Å²) in [7, 11) is 4.81. The molecule has 0 aliphatic heterocycles. The van der Waals surface area contributed by atoms with Crippen LogP contribution in [-0.4, -0.2) is 44.0 Å². The zero-order chi connectivity index (χ0) is 21.5. The number of amides is 1. The number of anilines is 1. The first kappa shape index (κ1) is 21.6. The Kier molecular flexibility index (Phi) is 7.24. The fourth-order valence-electron chi connectivity index (χ4n) is 3.03. The van der Waals surface area contributed by atoms with Crippen molar-refractivity contribution in [3.05, 3.63) is 48.0 Å². The molecule has 3 rings (SSSR count). The Labute approximate surface area is 180 Å². The van der Waals surface area contributed by atoms with E-state index in [-0.39, 0.29) is 12.3 Å². The lowest BCUT2D eigenvalue weighted by Crippen LogP contribution is -2.33. The van der Waals surface area contributed by atoms with E-state index in [2.05, 4.69) is 10.2 Å². The second-order valence-electron chi connectivity index (χ2n) is 6.53. The third-order valence-electron chi connectivity index (χ3n) is 4.53. The molecule has 30 heavy (non-hydrogen) atoms. The van der Waals surface area contributed by atoms with Gasteiger partial charge in [0.25, 0.3) is 0 Å². The number of carbonyl (C=O) groups is 1. The second kappa shape index (κ2) is 10.1. The van der Waals surface area contributed by atoms with Crippen LogP contribution in [0.1, 0.15) is 18.9 Å². The van der Waals surface area contributed by atoms with Gasteiger partial charge >= 0.3 is 0 Å². The topological polar surface area (TPSA) is 73.8 Å². The van der Waals surface area contributed by atoms with Crippen molar-refractivity contribution in [2.45, 2.75) is 19.8 Å². The Bertz CT molecular complexity index is 983. The average Bonchev–Trinajstić information content (AvgIpc) is 3.27. The number of rotatable bonds is 9. The van der Waals surface area contributed by atoms with E-state index in [0.717, 1.165) is 17.5 Å². The van der Waals surface area contributed by atoms with Gasteiger partial charge in [0.2, 0.25) is 11.0 Å². The molecule has 8 heteroatoms. The van der Waals surface area contributed by atoms with E-state index in [4.69, 9.17) is 14.2 Å². The second-order valence-corrected chi connectivity index (χ2v) is 7.48. The number of carbonyl (C=O) groups excluding carboxylic acids is 1. The van der Waals surface area contributed by atoms with Gasteiger partial charge in [-0.3, -0.25) is 9.69 Å². The summed E-state index contributed by atoms with van der Waals surface area (Å²) in [5, 5.41) is 9.84. The largest absolute Gasteiger partial charge is 0.497 e. The summed E-state index contributed by atoms with van der Waals surface area (Å²) in [4.78, 5) is 14.8. The molecule has 0 spiro atoms. The van der Waals surface area contributed by atoms with Crippen LogP contribution in [0.2, 0.25) is 0 Å². The molecule has 2 aromatic carbocycles. The normalized spacial score (nSPS) is 10.5. The molecule has 158 valence electrons. The van der Waals surface area contributed by atoms with Gasteiger partial charge in [-0.15, -0.1) is 10.2 Å². The van der Waals surface area contributed by atoms with Crippen molar-refractivity contribution in [3.8, 4) is 27.8 Å². The van der Waals surface area contributed by atoms with Gasteiger partial charge in [0, 0.05) is 23.7 Å². The standard InChI is InChI=1S/C22H25N3O4S/c1-5-10-25(20(26)13-15-8-6-7-9-19(15)29-4)22-24-23-21(30-22)16-11-17(27-2)14-18(12-16)28-3/h6-9,11-12,14H,5,10,13H2,1-4H3. The number of hydrogen-bond acceptors (Lipinski definition) is 7. The Morgan fingerprint density at radius 2 is 1.70 bits per heavy atom. The highest BCUT2D eigenvalue weighted by Gasteiger charge is 2.21. The van der Waals surface area contributed by atoms with Crippen molar-refractivity contribution in [1.29, 1.82) is 0 Å². The first-order valence-electron chi connectivity index (χ1n) is 9.58. The van der Waals surface area contributed by atoms with Crippen molar-refractivity contribution < 1.29 is 19.0 Å². The number of ether oxygens (including phenoxy) is 3. The molecule has 1 heterocycles. The van der Waals surface area contributed by atoms with Crippen molar-refractivity contribution in [2.24, 2.45) is 0 Å². The Hall–Kier alpha value is -3.13. The molecule has 0 radical (unpaired) electrons. The molecule has 0 fully saturated rings. The lowest BCUT2D eigenvalue weighted by atomic mass is 10.1. The number of benzene rings is 2. The van der Waals surface area contributed by atoms with E-state index in [9.17, 15) is 4.79 Å². The van der Waals surface area contributed by atoms with Gasteiger partial charge < -0.3 is 14.2 Å². The van der Waals surface area contributed by atoms with Crippen LogP contribution in [0, 0.1) is 0 Å². The Balaban J connectivity index is 1.87. The molecule has 0 aliphatic rings. The van der Waals surface area contributed by atoms with Gasteiger partial charge in [-0.1, -0.05) is 36.5 Å². The summed E-state index contributed by atoms with van der Waals surface area (Å²) in [5.74, 6) is 1.98. The molecule has 0 aliphatic carbocycles. The SMILES string of the molecule is CCCN(C(=O)Cc1ccccc1OC)c1nnc(-c2cc(OC)cc(OC)c2)s1. The van der Waals surface area contributed by atoms with Gasteiger partial charge in [-0.2, -0.15) is 0 Å². The van der Waals surface area contributed by atoms with Gasteiger partial charge in [-0.25, -0.2) is 0 Å². The van der Waals surface area contributed by atoms with E-state index < -0.39 is 0 Å². The van der Waals surface area contributed by atoms with Crippen LogP contribution in [0.25, 0.3) is 10.6 Å². The summed E-state index contributed by atoms with van der Waals surface area (Å²) >= 11 is 1.36. The maximum absolute atomic E-state index is 13.1. The van der Waals surface area contributed by atoms with Gasteiger partial charge in [0.15, 0.2) is 0 Å². The van der Waals surface area contributed by atoms with Gasteiger partial charge in [-0.05, 0) is 24.6 Å². The summed E-state index contributed by atoms with van der Waals surface area (Å²) in [6.07, 6.45) is 1.03. The average molecular weight is 428 g/mol. The minimum absolute atomic E-state index is 0.0488. The van der Waals surface area contributed by atoms with E-state index >= 15 is 0 Å². The molecule has 0 saturated heterocycles.